The van der Waals surface area contributed by atoms with E-state index in [1.807, 2.05) is 6.92 Å². The van der Waals surface area contributed by atoms with E-state index in [9.17, 15) is 5.11 Å². The highest BCUT2D eigenvalue weighted by atomic mass is 16.3. The minimum absolute atomic E-state index is 0.378. The molecule has 0 bridgehead atoms. The first-order chi connectivity index (χ1) is 5.73. The monoisotopic (exact) mass is 167 g/mol. The lowest BCUT2D eigenvalue weighted by molar-refractivity contribution is 0.0193. The van der Waals surface area contributed by atoms with Crippen LogP contribution in [0.25, 0.3) is 0 Å². The van der Waals surface area contributed by atoms with E-state index in [2.05, 4.69) is 11.8 Å². The maximum absolute atomic E-state index is 9.99. The van der Waals surface area contributed by atoms with Crippen LogP contribution in [0.4, 0.5) is 0 Å². The molecule has 1 fully saturated rings. The molecular formula is C10H17NO. The van der Waals surface area contributed by atoms with Crippen molar-refractivity contribution in [1.29, 1.82) is 0 Å². The Morgan fingerprint density at radius 3 is 2.67 bits per heavy atom. The topological polar surface area (TPSA) is 46.2 Å². The molecule has 0 spiro atoms. The standard InChI is InChI=1S/C10H17NO/c1-2-3-4-7-10(12,8-11)9-5-6-9/h9,12H,4-8,11H2,1H3. The van der Waals surface area contributed by atoms with Crippen molar-refractivity contribution in [2.24, 2.45) is 11.7 Å². The third-order valence-electron chi connectivity index (χ3n) is 2.55. The minimum atomic E-state index is -0.621. The van der Waals surface area contributed by atoms with Crippen LogP contribution in [0.5, 0.6) is 0 Å². The van der Waals surface area contributed by atoms with E-state index in [4.69, 9.17) is 5.73 Å². The van der Waals surface area contributed by atoms with Crippen molar-refractivity contribution in [1.82, 2.24) is 0 Å². The number of nitrogens with two attached hydrogens (primary N) is 1. The van der Waals surface area contributed by atoms with Crippen molar-refractivity contribution in [3.8, 4) is 11.8 Å². The normalized spacial score (nSPS) is 20.9. The second kappa shape index (κ2) is 3.93. The molecule has 3 N–H and O–H groups in total. The van der Waals surface area contributed by atoms with Gasteiger partial charge in [-0.05, 0) is 32.1 Å². The number of hydrogen-bond donors (Lipinski definition) is 2. The van der Waals surface area contributed by atoms with Gasteiger partial charge in [0.15, 0.2) is 0 Å². The first kappa shape index (κ1) is 9.57. The molecule has 1 aliphatic carbocycles. The van der Waals surface area contributed by atoms with Crippen LogP contribution < -0.4 is 5.73 Å². The molecule has 0 aromatic heterocycles. The molecule has 0 heterocycles. The molecule has 1 atom stereocenters. The van der Waals surface area contributed by atoms with Crippen LogP contribution in [-0.4, -0.2) is 17.3 Å². The second-order valence-corrected chi connectivity index (χ2v) is 3.51. The zero-order chi connectivity index (χ0) is 9.03. The summed E-state index contributed by atoms with van der Waals surface area (Å²) in [4.78, 5) is 0. The Bertz CT molecular complexity index is 200. The lowest BCUT2D eigenvalue weighted by atomic mass is 9.92. The van der Waals surface area contributed by atoms with Crippen LogP contribution >= 0.6 is 0 Å². The van der Waals surface area contributed by atoms with E-state index in [1.54, 1.807) is 0 Å². The Morgan fingerprint density at radius 1 is 1.58 bits per heavy atom. The number of aliphatic hydroxyl groups is 1. The quantitative estimate of drug-likeness (QED) is 0.611. The third-order valence-corrected chi connectivity index (χ3v) is 2.55. The van der Waals surface area contributed by atoms with Crippen molar-refractivity contribution in [2.45, 2.75) is 38.2 Å². The molecule has 0 aliphatic heterocycles. The SMILES string of the molecule is CC#CCCC(O)(CN)C1CC1. The average Bonchev–Trinajstić information content (AvgIpc) is 2.87. The zero-order valence-corrected chi connectivity index (χ0v) is 7.64. The Balaban J connectivity index is 2.36. The van der Waals surface area contributed by atoms with Gasteiger partial charge in [-0.25, -0.2) is 0 Å². The molecule has 1 unspecified atom stereocenters. The fourth-order valence-corrected chi connectivity index (χ4v) is 1.50. The molecule has 0 aromatic carbocycles. The highest BCUT2D eigenvalue weighted by Gasteiger charge is 2.41. The fourth-order valence-electron chi connectivity index (χ4n) is 1.50. The van der Waals surface area contributed by atoms with E-state index >= 15 is 0 Å². The highest BCUT2D eigenvalue weighted by Crippen LogP contribution is 2.41. The van der Waals surface area contributed by atoms with E-state index in [0.717, 1.165) is 25.7 Å². The fraction of sp³-hybridized carbons (Fsp3) is 0.800. The minimum Gasteiger partial charge on any atom is -0.388 e. The predicted octanol–water partition coefficient (Wildman–Crippen LogP) is 0.890. The van der Waals surface area contributed by atoms with Gasteiger partial charge in [0.2, 0.25) is 0 Å². The van der Waals surface area contributed by atoms with Crippen LogP contribution in [-0.2, 0) is 0 Å². The van der Waals surface area contributed by atoms with Crippen molar-refractivity contribution in [3.05, 3.63) is 0 Å². The van der Waals surface area contributed by atoms with Crippen molar-refractivity contribution < 1.29 is 5.11 Å². The number of hydrogen-bond acceptors (Lipinski definition) is 2. The summed E-state index contributed by atoms with van der Waals surface area (Å²) in [7, 11) is 0. The third kappa shape index (κ3) is 2.23. The molecule has 0 amide bonds. The summed E-state index contributed by atoms with van der Waals surface area (Å²) in [5.74, 6) is 6.22. The summed E-state index contributed by atoms with van der Waals surface area (Å²) in [6.07, 6.45) is 3.76. The van der Waals surface area contributed by atoms with Crippen LogP contribution in [0.2, 0.25) is 0 Å². The summed E-state index contributed by atoms with van der Waals surface area (Å²) in [5.41, 5.74) is 4.91. The molecule has 0 radical (unpaired) electrons. The maximum atomic E-state index is 9.99. The van der Waals surface area contributed by atoms with Gasteiger partial charge in [-0.2, -0.15) is 0 Å². The molecule has 1 aliphatic rings. The van der Waals surface area contributed by atoms with Gasteiger partial charge >= 0.3 is 0 Å². The van der Waals surface area contributed by atoms with E-state index in [0.29, 0.717) is 12.5 Å². The van der Waals surface area contributed by atoms with Crippen LogP contribution in [0, 0.1) is 17.8 Å². The molecular weight excluding hydrogens is 150 g/mol. The predicted molar refractivity (Wildman–Crippen MR) is 49.4 cm³/mol. The van der Waals surface area contributed by atoms with Gasteiger partial charge in [0.05, 0.1) is 5.60 Å². The molecule has 12 heavy (non-hydrogen) atoms. The first-order valence-corrected chi connectivity index (χ1v) is 4.55. The smallest absolute Gasteiger partial charge is 0.0806 e. The summed E-state index contributed by atoms with van der Waals surface area (Å²) < 4.78 is 0. The van der Waals surface area contributed by atoms with Gasteiger partial charge in [-0.15, -0.1) is 11.8 Å². The summed E-state index contributed by atoms with van der Waals surface area (Å²) in [6, 6.07) is 0. The van der Waals surface area contributed by atoms with Gasteiger partial charge in [-0.3, -0.25) is 0 Å². The van der Waals surface area contributed by atoms with Crippen molar-refractivity contribution in [3.63, 3.8) is 0 Å². The van der Waals surface area contributed by atoms with Crippen LogP contribution in [0.1, 0.15) is 32.6 Å². The van der Waals surface area contributed by atoms with Crippen LogP contribution in [0.15, 0.2) is 0 Å². The largest absolute Gasteiger partial charge is 0.388 e. The van der Waals surface area contributed by atoms with Crippen molar-refractivity contribution >= 4 is 0 Å². The second-order valence-electron chi connectivity index (χ2n) is 3.51. The summed E-state index contributed by atoms with van der Waals surface area (Å²) in [6.45, 7) is 2.20. The molecule has 2 nitrogen and oxygen atoms in total. The Hall–Kier alpha value is -0.520. The Kier molecular flexibility index (Phi) is 3.13. The summed E-state index contributed by atoms with van der Waals surface area (Å²) in [5, 5.41) is 9.99. The van der Waals surface area contributed by atoms with Gasteiger partial charge in [-0.1, -0.05) is 0 Å². The molecule has 1 rings (SSSR count). The lowest BCUT2D eigenvalue weighted by Crippen LogP contribution is -2.39. The van der Waals surface area contributed by atoms with Gasteiger partial charge < -0.3 is 10.8 Å². The van der Waals surface area contributed by atoms with Gasteiger partial charge in [0.1, 0.15) is 0 Å². The Morgan fingerprint density at radius 2 is 2.25 bits per heavy atom. The maximum Gasteiger partial charge on any atom is 0.0806 e. The van der Waals surface area contributed by atoms with E-state index in [1.165, 1.54) is 0 Å². The van der Waals surface area contributed by atoms with E-state index < -0.39 is 5.60 Å². The van der Waals surface area contributed by atoms with Crippen molar-refractivity contribution in [2.75, 3.05) is 6.54 Å². The lowest BCUT2D eigenvalue weighted by Gasteiger charge is -2.25. The molecule has 0 aromatic rings. The Labute approximate surface area is 74.2 Å². The molecule has 2 heteroatoms. The zero-order valence-electron chi connectivity index (χ0n) is 7.64. The molecule has 0 saturated heterocycles. The summed E-state index contributed by atoms with van der Waals surface area (Å²) >= 11 is 0. The van der Waals surface area contributed by atoms with Gasteiger partial charge in [0.25, 0.3) is 0 Å². The first-order valence-electron chi connectivity index (χ1n) is 4.55. The number of rotatable bonds is 4. The van der Waals surface area contributed by atoms with E-state index in [-0.39, 0.29) is 0 Å². The highest BCUT2D eigenvalue weighted by molar-refractivity contribution is 5.01. The van der Waals surface area contributed by atoms with Crippen LogP contribution in [0.3, 0.4) is 0 Å². The molecule has 1 saturated carbocycles. The molecule has 68 valence electrons. The average molecular weight is 167 g/mol. The van der Waals surface area contributed by atoms with Gasteiger partial charge in [0, 0.05) is 13.0 Å².